The van der Waals surface area contributed by atoms with E-state index in [4.69, 9.17) is 0 Å². The number of rotatable bonds is 5. The molecular formula is C12H14N2O4S3. The first-order valence-corrected chi connectivity index (χ1v) is 9.16. The first-order chi connectivity index (χ1) is 9.85. The molecule has 0 atom stereocenters. The van der Waals surface area contributed by atoms with Crippen LogP contribution in [-0.2, 0) is 21.3 Å². The number of carbonyl (C=O) groups excluding carboxylic acids is 1. The molecule has 0 aliphatic carbocycles. The Hall–Kier alpha value is -1.29. The molecule has 2 heterocycles. The van der Waals surface area contributed by atoms with E-state index in [0.29, 0.717) is 11.3 Å². The molecule has 0 aromatic carbocycles. The third-order valence-electron chi connectivity index (χ3n) is 2.67. The standard InChI is InChI=1S/C12H14N2O4S3/c1-7-5-20-10(12(15)18-3)11(7)21(16,17)13-4-9-6-19-8(2)14-9/h5-6,13H,4H2,1-3H3. The number of thiazole rings is 1. The third-order valence-corrected chi connectivity index (χ3v) is 6.28. The summed E-state index contributed by atoms with van der Waals surface area (Å²) in [4.78, 5) is 15.9. The van der Waals surface area contributed by atoms with Gasteiger partial charge in [-0.3, -0.25) is 0 Å². The predicted octanol–water partition coefficient (Wildman–Crippen LogP) is 2.09. The molecule has 0 unspecified atom stereocenters. The number of aryl methyl sites for hydroxylation is 2. The topological polar surface area (TPSA) is 85.4 Å². The molecule has 0 fully saturated rings. The summed E-state index contributed by atoms with van der Waals surface area (Å²) in [6.07, 6.45) is 0. The van der Waals surface area contributed by atoms with Crippen LogP contribution in [0.1, 0.15) is 25.9 Å². The highest BCUT2D eigenvalue weighted by Gasteiger charge is 2.27. The van der Waals surface area contributed by atoms with E-state index in [1.54, 1.807) is 17.7 Å². The zero-order valence-corrected chi connectivity index (χ0v) is 14.1. The highest BCUT2D eigenvalue weighted by atomic mass is 32.2. The van der Waals surface area contributed by atoms with Crippen molar-refractivity contribution in [2.45, 2.75) is 25.3 Å². The Morgan fingerprint density at radius 3 is 2.62 bits per heavy atom. The van der Waals surface area contributed by atoms with Crippen LogP contribution in [0.4, 0.5) is 0 Å². The largest absolute Gasteiger partial charge is 0.465 e. The Balaban J connectivity index is 2.27. The SMILES string of the molecule is COC(=O)c1scc(C)c1S(=O)(=O)NCc1csc(C)n1. The minimum atomic E-state index is -3.80. The molecule has 0 saturated carbocycles. The van der Waals surface area contributed by atoms with Crippen LogP contribution in [0, 0.1) is 13.8 Å². The smallest absolute Gasteiger partial charge is 0.349 e. The van der Waals surface area contributed by atoms with Gasteiger partial charge in [0.15, 0.2) is 0 Å². The van der Waals surface area contributed by atoms with Crippen molar-refractivity contribution < 1.29 is 17.9 Å². The minimum absolute atomic E-state index is 0.0219. The molecule has 114 valence electrons. The van der Waals surface area contributed by atoms with Crippen LogP contribution in [0.5, 0.6) is 0 Å². The van der Waals surface area contributed by atoms with E-state index in [9.17, 15) is 13.2 Å². The second kappa shape index (κ2) is 6.22. The number of nitrogens with zero attached hydrogens (tertiary/aromatic N) is 1. The van der Waals surface area contributed by atoms with Crippen molar-refractivity contribution in [2.75, 3.05) is 7.11 Å². The zero-order chi connectivity index (χ0) is 15.6. The third kappa shape index (κ3) is 3.49. The van der Waals surface area contributed by atoms with Crippen molar-refractivity contribution in [1.82, 2.24) is 9.71 Å². The summed E-state index contributed by atoms with van der Waals surface area (Å²) in [6, 6.07) is 0. The first-order valence-electron chi connectivity index (χ1n) is 5.92. The second-order valence-corrected chi connectivity index (χ2v) is 7.90. The molecule has 21 heavy (non-hydrogen) atoms. The molecule has 0 aliphatic heterocycles. The summed E-state index contributed by atoms with van der Waals surface area (Å²) < 4.78 is 31.9. The number of thiophene rings is 1. The molecule has 2 aromatic heterocycles. The number of hydrogen-bond acceptors (Lipinski definition) is 7. The van der Waals surface area contributed by atoms with Crippen LogP contribution in [0.3, 0.4) is 0 Å². The van der Waals surface area contributed by atoms with Crippen LogP contribution in [0.15, 0.2) is 15.7 Å². The van der Waals surface area contributed by atoms with Crippen molar-refractivity contribution >= 4 is 38.7 Å². The average molecular weight is 346 g/mol. The highest BCUT2D eigenvalue weighted by molar-refractivity contribution is 7.89. The van der Waals surface area contributed by atoms with Gasteiger partial charge in [-0.25, -0.2) is 22.9 Å². The van der Waals surface area contributed by atoms with Gasteiger partial charge in [-0.2, -0.15) is 0 Å². The van der Waals surface area contributed by atoms with Gasteiger partial charge in [0.05, 0.1) is 24.4 Å². The lowest BCUT2D eigenvalue weighted by molar-refractivity contribution is 0.0602. The van der Waals surface area contributed by atoms with Crippen molar-refractivity contribution in [3.63, 3.8) is 0 Å². The number of ether oxygens (including phenoxy) is 1. The fourth-order valence-electron chi connectivity index (χ4n) is 1.73. The lowest BCUT2D eigenvalue weighted by atomic mass is 10.3. The maximum atomic E-state index is 12.4. The molecule has 0 saturated heterocycles. The van der Waals surface area contributed by atoms with Crippen LogP contribution in [-0.4, -0.2) is 26.5 Å². The van der Waals surface area contributed by atoms with E-state index in [2.05, 4.69) is 14.4 Å². The lowest BCUT2D eigenvalue weighted by Gasteiger charge is -2.07. The van der Waals surface area contributed by atoms with Gasteiger partial charge >= 0.3 is 5.97 Å². The van der Waals surface area contributed by atoms with Crippen LogP contribution >= 0.6 is 22.7 Å². The van der Waals surface area contributed by atoms with E-state index in [0.717, 1.165) is 16.3 Å². The van der Waals surface area contributed by atoms with Crippen molar-refractivity contribution in [1.29, 1.82) is 0 Å². The molecular weight excluding hydrogens is 332 g/mol. The van der Waals surface area contributed by atoms with Gasteiger partial charge in [0.2, 0.25) is 10.0 Å². The van der Waals surface area contributed by atoms with Gasteiger partial charge in [0, 0.05) is 5.38 Å². The molecule has 0 aliphatic rings. The monoisotopic (exact) mass is 346 g/mol. The minimum Gasteiger partial charge on any atom is -0.465 e. The summed E-state index contributed by atoms with van der Waals surface area (Å²) in [7, 11) is -2.58. The predicted molar refractivity (Wildman–Crippen MR) is 81.3 cm³/mol. The molecule has 0 bridgehead atoms. The van der Waals surface area contributed by atoms with Gasteiger partial charge in [0.1, 0.15) is 9.77 Å². The average Bonchev–Trinajstić information content (AvgIpc) is 3.02. The molecule has 1 N–H and O–H groups in total. The molecule has 9 heteroatoms. The maximum absolute atomic E-state index is 12.4. The fraction of sp³-hybridized carbons (Fsp3) is 0.333. The fourth-order valence-corrected chi connectivity index (χ4v) is 5.04. The van der Waals surface area contributed by atoms with E-state index < -0.39 is 16.0 Å². The van der Waals surface area contributed by atoms with E-state index in [-0.39, 0.29) is 16.3 Å². The molecule has 6 nitrogen and oxygen atoms in total. The molecule has 0 spiro atoms. The maximum Gasteiger partial charge on any atom is 0.349 e. The van der Waals surface area contributed by atoms with Gasteiger partial charge in [-0.15, -0.1) is 22.7 Å². The van der Waals surface area contributed by atoms with Gasteiger partial charge in [-0.05, 0) is 24.8 Å². The van der Waals surface area contributed by atoms with Gasteiger partial charge < -0.3 is 4.74 Å². The quantitative estimate of drug-likeness (QED) is 0.838. The van der Waals surface area contributed by atoms with E-state index in [1.807, 2.05) is 6.92 Å². The Kier molecular flexibility index (Phi) is 4.77. The summed E-state index contributed by atoms with van der Waals surface area (Å²) in [5, 5.41) is 4.28. The molecule has 2 aromatic rings. The van der Waals surface area contributed by atoms with Crippen LogP contribution < -0.4 is 4.72 Å². The number of carbonyl (C=O) groups is 1. The highest BCUT2D eigenvalue weighted by Crippen LogP contribution is 2.27. The molecule has 2 rings (SSSR count). The normalized spacial score (nSPS) is 11.6. The van der Waals surface area contributed by atoms with Crippen LogP contribution in [0.25, 0.3) is 0 Å². The van der Waals surface area contributed by atoms with Crippen molar-refractivity contribution in [3.8, 4) is 0 Å². The Bertz CT molecular complexity index is 761. The lowest BCUT2D eigenvalue weighted by Crippen LogP contribution is -2.25. The number of hydrogen-bond donors (Lipinski definition) is 1. The Labute approximate surface area is 130 Å². The second-order valence-electron chi connectivity index (χ2n) is 4.25. The zero-order valence-electron chi connectivity index (χ0n) is 11.7. The van der Waals surface area contributed by atoms with E-state index in [1.165, 1.54) is 18.4 Å². The number of methoxy groups -OCH3 is 1. The Morgan fingerprint density at radius 2 is 2.05 bits per heavy atom. The van der Waals surface area contributed by atoms with Gasteiger partial charge in [-0.1, -0.05) is 0 Å². The van der Waals surface area contributed by atoms with Gasteiger partial charge in [0.25, 0.3) is 0 Å². The number of esters is 1. The summed E-state index contributed by atoms with van der Waals surface area (Å²) in [5.41, 5.74) is 1.16. The summed E-state index contributed by atoms with van der Waals surface area (Å²) >= 11 is 2.50. The molecule has 0 radical (unpaired) electrons. The summed E-state index contributed by atoms with van der Waals surface area (Å²) in [6.45, 7) is 3.58. The number of sulfonamides is 1. The Morgan fingerprint density at radius 1 is 1.33 bits per heavy atom. The van der Waals surface area contributed by atoms with E-state index >= 15 is 0 Å². The summed E-state index contributed by atoms with van der Waals surface area (Å²) in [5.74, 6) is -0.655. The number of nitrogens with one attached hydrogen (secondary N) is 1. The first kappa shape index (κ1) is 16.1. The van der Waals surface area contributed by atoms with Crippen molar-refractivity contribution in [3.05, 3.63) is 31.9 Å². The number of aromatic nitrogens is 1. The van der Waals surface area contributed by atoms with Crippen LogP contribution in [0.2, 0.25) is 0 Å². The van der Waals surface area contributed by atoms with Crippen molar-refractivity contribution in [2.24, 2.45) is 0 Å². The molecule has 0 amide bonds.